The van der Waals surface area contributed by atoms with Crippen LogP contribution in [0.5, 0.6) is 0 Å². The Morgan fingerprint density at radius 1 is 1.14 bits per heavy atom. The third kappa shape index (κ3) is 4.58. The topological polar surface area (TPSA) is 32.5 Å². The van der Waals surface area contributed by atoms with Crippen molar-refractivity contribution in [3.63, 3.8) is 0 Å². The molecule has 1 unspecified atom stereocenters. The number of hydrogen-bond acceptors (Lipinski definition) is 3. The molecule has 1 aromatic rings. The van der Waals surface area contributed by atoms with Crippen molar-refractivity contribution in [2.45, 2.75) is 74.9 Å². The fraction of sp³-hybridized carbons (Fsp3) is 0.739. The number of likely N-dealkylation sites (tertiary alicyclic amines) is 1. The molecule has 2 aliphatic carbocycles. The molecule has 4 rings (SSSR count). The second-order valence-electron chi connectivity index (χ2n) is 9.41. The number of nitrogens with zero attached hydrogens (tertiary/aromatic N) is 2. The summed E-state index contributed by atoms with van der Waals surface area (Å²) >= 11 is 0. The van der Waals surface area contributed by atoms with Crippen molar-refractivity contribution in [3.05, 3.63) is 35.9 Å². The summed E-state index contributed by atoms with van der Waals surface area (Å²) in [4.78, 5) is 4.84. The Kier molecular flexibility index (Phi) is 6.05. The molecule has 0 aromatic heterocycles. The van der Waals surface area contributed by atoms with Crippen LogP contribution in [0.25, 0.3) is 0 Å². The summed E-state index contributed by atoms with van der Waals surface area (Å²) in [6.45, 7) is 2.89. The van der Waals surface area contributed by atoms with Gasteiger partial charge in [0, 0.05) is 38.1 Å². The summed E-state index contributed by atoms with van der Waals surface area (Å²) in [5.41, 5.74) is 7.42. The van der Waals surface area contributed by atoms with Gasteiger partial charge in [0.2, 0.25) is 0 Å². The first-order chi connectivity index (χ1) is 13.4. The molecule has 3 aliphatic rings. The molecular formula is C23H35F2N3. The van der Waals surface area contributed by atoms with Crippen LogP contribution in [0.4, 0.5) is 8.78 Å². The molecule has 1 heterocycles. The van der Waals surface area contributed by atoms with Crippen LogP contribution in [0.15, 0.2) is 30.3 Å². The average molecular weight is 392 g/mol. The van der Waals surface area contributed by atoms with Crippen LogP contribution in [0.1, 0.15) is 56.4 Å². The van der Waals surface area contributed by atoms with Crippen LogP contribution in [0.3, 0.4) is 0 Å². The Bertz CT molecular complexity index is 634. The first-order valence-corrected chi connectivity index (χ1v) is 11.1. The second-order valence-corrected chi connectivity index (χ2v) is 9.41. The monoisotopic (exact) mass is 391 g/mol. The van der Waals surface area contributed by atoms with Gasteiger partial charge < -0.3 is 10.6 Å². The van der Waals surface area contributed by atoms with Gasteiger partial charge in [-0.2, -0.15) is 0 Å². The van der Waals surface area contributed by atoms with E-state index in [2.05, 4.69) is 41.1 Å². The molecule has 3 fully saturated rings. The zero-order valence-electron chi connectivity index (χ0n) is 17.1. The number of rotatable bonds is 5. The predicted molar refractivity (Wildman–Crippen MR) is 110 cm³/mol. The van der Waals surface area contributed by atoms with E-state index in [0.717, 1.165) is 38.3 Å². The van der Waals surface area contributed by atoms with Gasteiger partial charge in [-0.25, -0.2) is 8.78 Å². The predicted octanol–water partition coefficient (Wildman–Crippen LogP) is 4.09. The maximum absolute atomic E-state index is 14.3. The van der Waals surface area contributed by atoms with Gasteiger partial charge >= 0.3 is 0 Å². The molecule has 1 aromatic carbocycles. The van der Waals surface area contributed by atoms with Gasteiger partial charge in [0.1, 0.15) is 0 Å². The molecule has 28 heavy (non-hydrogen) atoms. The molecule has 4 atom stereocenters. The maximum atomic E-state index is 14.3. The van der Waals surface area contributed by atoms with Gasteiger partial charge in [-0.1, -0.05) is 30.3 Å². The Hall–Kier alpha value is -1.04. The summed E-state index contributed by atoms with van der Waals surface area (Å²) in [6, 6.07) is 9.88. The minimum absolute atomic E-state index is 0.0621. The Balaban J connectivity index is 1.53. The molecule has 0 radical (unpaired) electrons. The molecule has 2 N–H and O–H groups in total. The van der Waals surface area contributed by atoms with E-state index in [4.69, 9.17) is 5.73 Å². The fourth-order valence-corrected chi connectivity index (χ4v) is 5.32. The normalized spacial score (nSPS) is 34.3. The van der Waals surface area contributed by atoms with Gasteiger partial charge in [0.15, 0.2) is 0 Å². The van der Waals surface area contributed by atoms with Crippen LogP contribution in [-0.2, 0) is 0 Å². The van der Waals surface area contributed by atoms with Crippen molar-refractivity contribution in [2.24, 2.45) is 11.7 Å². The highest BCUT2D eigenvalue weighted by atomic mass is 19.3. The van der Waals surface area contributed by atoms with Crippen LogP contribution in [0, 0.1) is 5.92 Å². The molecule has 1 saturated heterocycles. The molecule has 3 nitrogen and oxygen atoms in total. The van der Waals surface area contributed by atoms with Crippen LogP contribution in [0.2, 0.25) is 0 Å². The summed E-state index contributed by atoms with van der Waals surface area (Å²) in [5, 5.41) is 0. The van der Waals surface area contributed by atoms with E-state index in [1.807, 2.05) is 6.07 Å². The summed E-state index contributed by atoms with van der Waals surface area (Å²) in [6.07, 6.45) is 6.16. The molecule has 0 amide bonds. The van der Waals surface area contributed by atoms with Gasteiger partial charge in [-0.15, -0.1) is 0 Å². The molecule has 5 heteroatoms. The Morgan fingerprint density at radius 2 is 1.89 bits per heavy atom. The lowest BCUT2D eigenvalue weighted by atomic mass is 9.85. The highest BCUT2D eigenvalue weighted by Crippen LogP contribution is 2.38. The zero-order valence-corrected chi connectivity index (χ0v) is 17.1. The lowest BCUT2D eigenvalue weighted by Crippen LogP contribution is -2.59. The van der Waals surface area contributed by atoms with E-state index in [1.165, 1.54) is 24.9 Å². The van der Waals surface area contributed by atoms with Gasteiger partial charge in [0.05, 0.1) is 6.04 Å². The third-order valence-corrected chi connectivity index (χ3v) is 7.28. The minimum Gasteiger partial charge on any atom is -0.321 e. The number of benzene rings is 1. The van der Waals surface area contributed by atoms with Crippen molar-refractivity contribution >= 4 is 0 Å². The molecule has 2 saturated carbocycles. The lowest BCUT2D eigenvalue weighted by Gasteiger charge is -2.42. The number of alkyl halides is 2. The van der Waals surface area contributed by atoms with Gasteiger partial charge in [-0.05, 0) is 63.0 Å². The molecule has 0 spiro atoms. The van der Waals surface area contributed by atoms with Crippen molar-refractivity contribution < 1.29 is 8.78 Å². The van der Waals surface area contributed by atoms with Gasteiger partial charge in [0.25, 0.3) is 5.92 Å². The van der Waals surface area contributed by atoms with E-state index in [1.54, 1.807) is 0 Å². The van der Waals surface area contributed by atoms with Gasteiger partial charge in [-0.3, -0.25) is 4.90 Å². The lowest BCUT2D eigenvalue weighted by molar-refractivity contribution is -0.0827. The SMILES string of the molecule is CN(CC1CC1)[C@@H]1CCN([C@H]2CCCC(F)(F)[C@@H]2N)CC(c2ccccc2)C1. The molecular weight excluding hydrogens is 356 g/mol. The quantitative estimate of drug-likeness (QED) is 0.821. The Morgan fingerprint density at radius 3 is 2.61 bits per heavy atom. The highest BCUT2D eigenvalue weighted by molar-refractivity contribution is 5.21. The number of halogens is 2. The fourth-order valence-electron chi connectivity index (χ4n) is 5.32. The third-order valence-electron chi connectivity index (χ3n) is 7.28. The van der Waals surface area contributed by atoms with Crippen molar-refractivity contribution in [2.75, 3.05) is 26.7 Å². The van der Waals surface area contributed by atoms with E-state index in [0.29, 0.717) is 18.4 Å². The highest BCUT2D eigenvalue weighted by Gasteiger charge is 2.47. The summed E-state index contributed by atoms with van der Waals surface area (Å²) in [7, 11) is 2.25. The van der Waals surface area contributed by atoms with E-state index >= 15 is 0 Å². The standard InChI is InChI=1S/C23H35F2N3/c1-27(15-17-9-10-17)20-11-13-28(21-8-5-12-23(24,25)22(21)26)16-19(14-20)18-6-3-2-4-7-18/h2-4,6-7,17,19-22H,5,8-16,26H2,1H3/t19?,20-,21+,22-/m1/s1. The molecule has 1 aliphatic heterocycles. The first-order valence-electron chi connectivity index (χ1n) is 11.1. The van der Waals surface area contributed by atoms with E-state index < -0.39 is 12.0 Å². The first kappa shape index (κ1) is 20.2. The van der Waals surface area contributed by atoms with Crippen LogP contribution >= 0.6 is 0 Å². The van der Waals surface area contributed by atoms with E-state index in [-0.39, 0.29) is 12.5 Å². The van der Waals surface area contributed by atoms with Crippen molar-refractivity contribution in [1.82, 2.24) is 9.80 Å². The smallest absolute Gasteiger partial charge is 0.264 e. The zero-order chi connectivity index (χ0) is 19.7. The number of nitrogens with two attached hydrogens (primary N) is 1. The average Bonchev–Trinajstić information content (AvgIpc) is 3.51. The number of hydrogen-bond donors (Lipinski definition) is 1. The summed E-state index contributed by atoms with van der Waals surface area (Å²) in [5.74, 6) is -1.50. The largest absolute Gasteiger partial charge is 0.321 e. The van der Waals surface area contributed by atoms with Crippen molar-refractivity contribution in [1.29, 1.82) is 0 Å². The van der Waals surface area contributed by atoms with Crippen LogP contribution in [-0.4, -0.2) is 60.5 Å². The second kappa shape index (κ2) is 8.37. The van der Waals surface area contributed by atoms with E-state index in [9.17, 15) is 8.78 Å². The maximum Gasteiger partial charge on any atom is 0.264 e. The molecule has 0 bridgehead atoms. The molecule has 156 valence electrons. The minimum atomic E-state index is -2.74. The van der Waals surface area contributed by atoms with Crippen LogP contribution < -0.4 is 5.73 Å². The summed E-state index contributed by atoms with van der Waals surface area (Å²) < 4.78 is 28.6. The Labute approximate surface area is 168 Å². The van der Waals surface area contributed by atoms with Crippen molar-refractivity contribution in [3.8, 4) is 0 Å².